The van der Waals surface area contributed by atoms with Crippen LogP contribution >= 0.6 is 0 Å². The van der Waals surface area contributed by atoms with Gasteiger partial charge in [0.2, 0.25) is 5.91 Å². The van der Waals surface area contributed by atoms with Gasteiger partial charge in [0.05, 0.1) is 6.04 Å². The third-order valence-corrected chi connectivity index (χ3v) is 6.32. The van der Waals surface area contributed by atoms with E-state index in [1.807, 2.05) is 67.6 Å². The van der Waals surface area contributed by atoms with Crippen molar-refractivity contribution in [2.75, 3.05) is 18.0 Å². The van der Waals surface area contributed by atoms with E-state index in [0.717, 1.165) is 54.0 Å². The molecule has 0 unspecified atom stereocenters. The largest absolute Gasteiger partial charge is 0.356 e. The summed E-state index contributed by atoms with van der Waals surface area (Å²) in [6.07, 6.45) is 4.24. The van der Waals surface area contributed by atoms with Gasteiger partial charge in [-0.2, -0.15) is 4.98 Å². The predicted octanol–water partition coefficient (Wildman–Crippen LogP) is 5.09. The Balaban J connectivity index is 1.39. The number of aromatic nitrogens is 3. The standard InChI is InChI=1S/C27H29N5O2/c1-19(20-11-5-2-6-12-20)28-23(33)16-15-22-29-26(32-17-9-4-10-18-32)24-25(31-34-27(24)30-22)21-13-7-3-8-14-21/h2-3,5-8,11-14,19H,4,9-10,15-18H2,1H3,(H,28,33)/t19-/m0/s1. The molecule has 1 aliphatic heterocycles. The van der Waals surface area contributed by atoms with E-state index in [1.54, 1.807) is 0 Å². The molecule has 4 aromatic rings. The Labute approximate surface area is 199 Å². The zero-order chi connectivity index (χ0) is 23.3. The summed E-state index contributed by atoms with van der Waals surface area (Å²) in [4.78, 5) is 24.5. The molecular weight excluding hydrogens is 426 g/mol. The third-order valence-electron chi connectivity index (χ3n) is 6.32. The molecule has 1 N–H and O–H groups in total. The second kappa shape index (κ2) is 10.0. The first-order valence-electron chi connectivity index (χ1n) is 12.0. The van der Waals surface area contributed by atoms with Gasteiger partial charge in [-0.15, -0.1) is 0 Å². The molecule has 7 heteroatoms. The SMILES string of the molecule is C[C@H](NC(=O)CCc1nc(N2CCCCC2)c2c(-c3ccccc3)noc2n1)c1ccccc1. The summed E-state index contributed by atoms with van der Waals surface area (Å²) >= 11 is 0. The number of aryl methyl sites for hydroxylation is 1. The molecule has 1 fully saturated rings. The highest BCUT2D eigenvalue weighted by Crippen LogP contribution is 2.34. The zero-order valence-corrected chi connectivity index (χ0v) is 19.4. The van der Waals surface area contributed by atoms with Crippen LogP contribution in [-0.4, -0.2) is 34.1 Å². The van der Waals surface area contributed by atoms with Gasteiger partial charge >= 0.3 is 0 Å². The minimum atomic E-state index is -0.0521. The van der Waals surface area contributed by atoms with Crippen molar-refractivity contribution in [2.45, 2.75) is 45.1 Å². The number of amides is 1. The molecule has 1 amide bonds. The van der Waals surface area contributed by atoms with E-state index in [2.05, 4.69) is 20.4 Å². The molecule has 3 heterocycles. The lowest BCUT2D eigenvalue weighted by molar-refractivity contribution is -0.121. The quantitative estimate of drug-likeness (QED) is 0.418. The summed E-state index contributed by atoms with van der Waals surface area (Å²) in [7, 11) is 0. The summed E-state index contributed by atoms with van der Waals surface area (Å²) < 4.78 is 5.68. The molecular formula is C27H29N5O2. The van der Waals surface area contributed by atoms with Gasteiger partial charge in [-0.05, 0) is 31.7 Å². The molecule has 0 bridgehead atoms. The van der Waals surface area contributed by atoms with Crippen LogP contribution in [0.4, 0.5) is 5.82 Å². The molecule has 2 aromatic heterocycles. The highest BCUT2D eigenvalue weighted by Gasteiger charge is 2.24. The molecule has 0 saturated carbocycles. The molecule has 0 spiro atoms. The van der Waals surface area contributed by atoms with Crippen LogP contribution < -0.4 is 10.2 Å². The summed E-state index contributed by atoms with van der Waals surface area (Å²) in [5.74, 6) is 1.44. The molecule has 1 aliphatic rings. The lowest BCUT2D eigenvalue weighted by atomic mass is 10.1. The number of carbonyl (C=O) groups excluding carboxylic acids is 1. The first kappa shape index (κ1) is 22.1. The van der Waals surface area contributed by atoms with Gasteiger partial charge < -0.3 is 14.7 Å². The van der Waals surface area contributed by atoms with Crippen LogP contribution in [0.3, 0.4) is 0 Å². The van der Waals surface area contributed by atoms with Crippen molar-refractivity contribution < 1.29 is 9.32 Å². The number of nitrogens with zero attached hydrogens (tertiary/aromatic N) is 4. The Morgan fingerprint density at radius 1 is 1.00 bits per heavy atom. The van der Waals surface area contributed by atoms with Crippen LogP contribution in [0.1, 0.15) is 50.0 Å². The molecule has 1 saturated heterocycles. The Hall–Kier alpha value is -3.74. The molecule has 0 aliphatic carbocycles. The average Bonchev–Trinajstić information content (AvgIpc) is 3.32. The van der Waals surface area contributed by atoms with E-state index in [9.17, 15) is 4.79 Å². The summed E-state index contributed by atoms with van der Waals surface area (Å²) in [6, 6.07) is 19.9. The topological polar surface area (TPSA) is 84.2 Å². The number of hydrogen-bond acceptors (Lipinski definition) is 6. The first-order chi connectivity index (χ1) is 16.7. The summed E-state index contributed by atoms with van der Waals surface area (Å²) in [5, 5.41) is 8.26. The Bertz CT molecular complexity index is 1250. The average molecular weight is 456 g/mol. The van der Waals surface area contributed by atoms with Gasteiger partial charge in [0.1, 0.15) is 22.7 Å². The number of hydrogen-bond donors (Lipinski definition) is 1. The number of piperidine rings is 1. The third kappa shape index (κ3) is 4.78. The maximum Gasteiger partial charge on any atom is 0.263 e. The first-order valence-corrected chi connectivity index (χ1v) is 12.0. The number of rotatable bonds is 7. The highest BCUT2D eigenvalue weighted by atomic mass is 16.5. The molecule has 1 atom stereocenters. The van der Waals surface area contributed by atoms with Gasteiger partial charge in [-0.25, -0.2) is 4.98 Å². The maximum absolute atomic E-state index is 12.6. The van der Waals surface area contributed by atoms with Gasteiger partial charge in [-0.3, -0.25) is 4.79 Å². The van der Waals surface area contributed by atoms with Crippen molar-refractivity contribution in [3.8, 4) is 11.3 Å². The van der Waals surface area contributed by atoms with E-state index in [-0.39, 0.29) is 11.9 Å². The number of benzene rings is 2. The van der Waals surface area contributed by atoms with Gasteiger partial charge in [-0.1, -0.05) is 65.8 Å². The van der Waals surface area contributed by atoms with Crippen LogP contribution in [0, 0.1) is 0 Å². The molecule has 174 valence electrons. The normalized spacial score (nSPS) is 14.8. The second-order valence-electron chi connectivity index (χ2n) is 8.79. The van der Waals surface area contributed by atoms with Crippen LogP contribution in [0.25, 0.3) is 22.4 Å². The van der Waals surface area contributed by atoms with Crippen molar-refractivity contribution in [1.82, 2.24) is 20.4 Å². The Morgan fingerprint density at radius 3 is 2.44 bits per heavy atom. The molecule has 7 nitrogen and oxygen atoms in total. The lowest BCUT2D eigenvalue weighted by Crippen LogP contribution is -2.31. The molecule has 0 radical (unpaired) electrons. The fourth-order valence-electron chi connectivity index (χ4n) is 4.48. The van der Waals surface area contributed by atoms with Crippen LogP contribution in [0.2, 0.25) is 0 Å². The zero-order valence-electron chi connectivity index (χ0n) is 19.4. The smallest absolute Gasteiger partial charge is 0.263 e. The summed E-state index contributed by atoms with van der Waals surface area (Å²) in [6.45, 7) is 3.88. The van der Waals surface area contributed by atoms with E-state index in [4.69, 9.17) is 9.51 Å². The Morgan fingerprint density at radius 2 is 1.71 bits per heavy atom. The van der Waals surface area contributed by atoms with Gasteiger partial charge in [0, 0.05) is 31.5 Å². The van der Waals surface area contributed by atoms with E-state index in [0.29, 0.717) is 24.4 Å². The van der Waals surface area contributed by atoms with E-state index >= 15 is 0 Å². The minimum Gasteiger partial charge on any atom is -0.356 e. The van der Waals surface area contributed by atoms with Crippen molar-refractivity contribution in [1.29, 1.82) is 0 Å². The van der Waals surface area contributed by atoms with Gasteiger partial charge in [0.15, 0.2) is 0 Å². The molecule has 5 rings (SSSR count). The van der Waals surface area contributed by atoms with Crippen molar-refractivity contribution in [2.24, 2.45) is 0 Å². The Kier molecular flexibility index (Phi) is 6.51. The van der Waals surface area contributed by atoms with Crippen molar-refractivity contribution in [3.05, 3.63) is 72.1 Å². The van der Waals surface area contributed by atoms with Crippen LogP contribution in [0.5, 0.6) is 0 Å². The molecule has 2 aromatic carbocycles. The predicted molar refractivity (Wildman–Crippen MR) is 132 cm³/mol. The lowest BCUT2D eigenvalue weighted by Gasteiger charge is -2.28. The monoisotopic (exact) mass is 455 g/mol. The highest BCUT2D eigenvalue weighted by molar-refractivity contribution is 5.98. The van der Waals surface area contributed by atoms with Crippen molar-refractivity contribution in [3.63, 3.8) is 0 Å². The fraction of sp³-hybridized carbons (Fsp3) is 0.333. The summed E-state index contributed by atoms with van der Waals surface area (Å²) in [5.41, 5.74) is 3.29. The van der Waals surface area contributed by atoms with Gasteiger partial charge in [0.25, 0.3) is 5.71 Å². The van der Waals surface area contributed by atoms with Crippen LogP contribution in [-0.2, 0) is 11.2 Å². The fourth-order valence-corrected chi connectivity index (χ4v) is 4.48. The van der Waals surface area contributed by atoms with E-state index < -0.39 is 0 Å². The number of anilines is 1. The second-order valence-corrected chi connectivity index (χ2v) is 8.79. The molecule has 34 heavy (non-hydrogen) atoms. The number of nitrogens with one attached hydrogen (secondary N) is 1. The number of fused-ring (bicyclic) bond motifs is 1. The number of carbonyl (C=O) groups is 1. The minimum absolute atomic E-state index is 0.0258. The maximum atomic E-state index is 12.6. The van der Waals surface area contributed by atoms with Crippen LogP contribution in [0.15, 0.2) is 65.2 Å². The van der Waals surface area contributed by atoms with E-state index in [1.165, 1.54) is 6.42 Å². The van der Waals surface area contributed by atoms with Crippen molar-refractivity contribution >= 4 is 22.8 Å².